The molecule has 0 saturated carbocycles. The minimum Gasteiger partial charge on any atom is -0.383 e. The van der Waals surface area contributed by atoms with Crippen molar-refractivity contribution in [2.75, 3.05) is 5.73 Å². The van der Waals surface area contributed by atoms with Gasteiger partial charge < -0.3 is 10.3 Å². The van der Waals surface area contributed by atoms with Gasteiger partial charge in [0.25, 0.3) is 0 Å². The molecule has 0 saturated heterocycles. The molecule has 0 unspecified atom stereocenters. The molecule has 0 aromatic carbocycles. The molecular weight excluding hydrogens is 212 g/mol. The zero-order valence-electron chi connectivity index (χ0n) is 8.31. The van der Waals surface area contributed by atoms with Crippen LogP contribution in [0.4, 0.5) is 5.82 Å². The highest BCUT2D eigenvalue weighted by Gasteiger charge is 2.06. The molecule has 2 aromatic rings. The van der Waals surface area contributed by atoms with Crippen LogP contribution in [0.25, 0.3) is 0 Å². The van der Waals surface area contributed by atoms with Crippen molar-refractivity contribution in [2.45, 2.75) is 6.42 Å². The highest BCUT2D eigenvalue weighted by atomic mass is 35.5. The van der Waals surface area contributed by atoms with Crippen LogP contribution in [-0.2, 0) is 13.5 Å². The van der Waals surface area contributed by atoms with Crippen LogP contribution in [-0.4, -0.2) is 14.5 Å². The summed E-state index contributed by atoms with van der Waals surface area (Å²) in [5.41, 5.74) is 6.65. The van der Waals surface area contributed by atoms with Crippen molar-refractivity contribution >= 4 is 17.4 Å². The van der Waals surface area contributed by atoms with Gasteiger partial charge in [-0.05, 0) is 6.07 Å². The molecule has 0 amide bonds. The van der Waals surface area contributed by atoms with Gasteiger partial charge >= 0.3 is 0 Å². The highest BCUT2D eigenvalue weighted by Crippen LogP contribution is 2.17. The average Bonchev–Trinajstić information content (AvgIpc) is 2.58. The first-order chi connectivity index (χ1) is 7.16. The van der Waals surface area contributed by atoms with Gasteiger partial charge in [0.05, 0.1) is 5.02 Å². The Bertz CT molecular complexity index is 478. The monoisotopic (exact) mass is 222 g/mol. The quantitative estimate of drug-likeness (QED) is 0.841. The van der Waals surface area contributed by atoms with Crippen molar-refractivity contribution in [3.8, 4) is 0 Å². The number of hydrogen-bond donors (Lipinski definition) is 1. The van der Waals surface area contributed by atoms with E-state index in [1.54, 1.807) is 12.4 Å². The lowest BCUT2D eigenvalue weighted by atomic mass is 10.2. The van der Waals surface area contributed by atoms with Crippen LogP contribution < -0.4 is 5.73 Å². The fraction of sp³-hybridized carbons (Fsp3) is 0.200. The first-order valence-corrected chi connectivity index (χ1v) is 4.90. The third-order valence-electron chi connectivity index (χ3n) is 2.24. The summed E-state index contributed by atoms with van der Waals surface area (Å²) in [6.45, 7) is 0. The second-order valence-corrected chi connectivity index (χ2v) is 3.77. The van der Waals surface area contributed by atoms with Gasteiger partial charge in [-0.3, -0.25) is 0 Å². The number of hydrogen-bond acceptors (Lipinski definition) is 3. The normalized spacial score (nSPS) is 10.5. The van der Waals surface area contributed by atoms with Crippen LogP contribution in [0.15, 0.2) is 24.7 Å². The van der Waals surface area contributed by atoms with Gasteiger partial charge in [-0.2, -0.15) is 0 Å². The van der Waals surface area contributed by atoms with E-state index in [4.69, 9.17) is 17.3 Å². The summed E-state index contributed by atoms with van der Waals surface area (Å²) < 4.78 is 1.94. The minimum absolute atomic E-state index is 0.502. The fourth-order valence-corrected chi connectivity index (χ4v) is 1.55. The second kappa shape index (κ2) is 3.90. The van der Waals surface area contributed by atoms with Gasteiger partial charge in [0.2, 0.25) is 0 Å². The van der Waals surface area contributed by atoms with E-state index in [1.807, 2.05) is 23.9 Å². The number of pyridine rings is 1. The molecule has 0 atom stereocenters. The Morgan fingerprint density at radius 2 is 2.27 bits per heavy atom. The molecule has 0 aliphatic rings. The van der Waals surface area contributed by atoms with E-state index in [2.05, 4.69) is 9.97 Å². The van der Waals surface area contributed by atoms with Crippen LogP contribution in [0.2, 0.25) is 5.02 Å². The van der Waals surface area contributed by atoms with Crippen LogP contribution >= 0.6 is 11.6 Å². The van der Waals surface area contributed by atoms with E-state index >= 15 is 0 Å². The maximum atomic E-state index is 5.85. The van der Waals surface area contributed by atoms with Crippen molar-refractivity contribution in [3.05, 3.63) is 41.1 Å². The van der Waals surface area contributed by atoms with Crippen LogP contribution in [0.1, 0.15) is 11.4 Å². The number of halogens is 1. The van der Waals surface area contributed by atoms with Crippen molar-refractivity contribution in [3.63, 3.8) is 0 Å². The van der Waals surface area contributed by atoms with Gasteiger partial charge in [-0.25, -0.2) is 9.97 Å². The van der Waals surface area contributed by atoms with E-state index in [0.717, 1.165) is 11.4 Å². The van der Waals surface area contributed by atoms with E-state index in [-0.39, 0.29) is 0 Å². The molecule has 78 valence electrons. The Morgan fingerprint density at radius 3 is 2.93 bits per heavy atom. The van der Waals surface area contributed by atoms with E-state index in [9.17, 15) is 0 Å². The number of aryl methyl sites for hydroxylation is 1. The average molecular weight is 223 g/mol. The zero-order valence-corrected chi connectivity index (χ0v) is 9.07. The van der Waals surface area contributed by atoms with Gasteiger partial charge in [0, 0.05) is 37.6 Å². The first-order valence-electron chi connectivity index (χ1n) is 4.53. The van der Waals surface area contributed by atoms with Gasteiger partial charge in [-0.1, -0.05) is 11.6 Å². The third-order valence-corrected chi connectivity index (χ3v) is 2.44. The van der Waals surface area contributed by atoms with Gasteiger partial charge in [-0.15, -0.1) is 0 Å². The zero-order chi connectivity index (χ0) is 10.8. The van der Waals surface area contributed by atoms with E-state index in [1.165, 1.54) is 0 Å². The van der Waals surface area contributed by atoms with Crippen LogP contribution in [0.5, 0.6) is 0 Å². The largest absolute Gasteiger partial charge is 0.383 e. The van der Waals surface area contributed by atoms with Crippen LogP contribution in [0, 0.1) is 0 Å². The van der Waals surface area contributed by atoms with Crippen molar-refractivity contribution in [1.82, 2.24) is 14.5 Å². The summed E-state index contributed by atoms with van der Waals surface area (Å²) in [7, 11) is 1.94. The molecule has 2 N–H and O–H groups in total. The van der Waals surface area contributed by atoms with Gasteiger partial charge in [0.15, 0.2) is 0 Å². The predicted octanol–water partition coefficient (Wildman–Crippen LogP) is 1.64. The molecule has 0 bridgehead atoms. The molecular formula is C10H11ClN4. The molecule has 2 heterocycles. The minimum atomic E-state index is 0.502. The standard InChI is InChI=1S/C10H11ClN4/c1-15-3-2-13-9(15)5-7-4-8(11)6-14-10(7)12/h2-4,6H,5H2,1H3,(H2,12,14). The maximum Gasteiger partial charge on any atom is 0.127 e. The number of aromatic nitrogens is 3. The smallest absolute Gasteiger partial charge is 0.127 e. The van der Waals surface area contributed by atoms with Crippen molar-refractivity contribution < 1.29 is 0 Å². The van der Waals surface area contributed by atoms with Gasteiger partial charge in [0.1, 0.15) is 11.6 Å². The third kappa shape index (κ3) is 2.10. The summed E-state index contributed by atoms with van der Waals surface area (Å²) in [4.78, 5) is 8.22. The molecule has 0 aliphatic heterocycles. The molecule has 5 heteroatoms. The number of nitrogen functional groups attached to an aromatic ring is 1. The highest BCUT2D eigenvalue weighted by molar-refractivity contribution is 6.30. The second-order valence-electron chi connectivity index (χ2n) is 3.33. The number of rotatable bonds is 2. The SMILES string of the molecule is Cn1ccnc1Cc1cc(Cl)cnc1N. The number of imidazole rings is 1. The van der Waals surface area contributed by atoms with Crippen molar-refractivity contribution in [2.24, 2.45) is 7.05 Å². The van der Waals surface area contributed by atoms with Crippen molar-refractivity contribution in [1.29, 1.82) is 0 Å². The summed E-state index contributed by atoms with van der Waals surface area (Å²) in [6.07, 6.45) is 5.83. The fourth-order valence-electron chi connectivity index (χ4n) is 1.37. The number of nitrogens with two attached hydrogens (primary N) is 1. The Morgan fingerprint density at radius 1 is 1.47 bits per heavy atom. The van der Waals surface area contributed by atoms with Crippen LogP contribution in [0.3, 0.4) is 0 Å². The Kier molecular flexibility index (Phi) is 2.60. The summed E-state index contributed by atoms with van der Waals surface area (Å²) in [6, 6.07) is 1.82. The Hall–Kier alpha value is -1.55. The number of anilines is 1. The Balaban J connectivity index is 2.32. The first kappa shape index (κ1) is 9.98. The lowest BCUT2D eigenvalue weighted by molar-refractivity contribution is 0.821. The molecule has 15 heavy (non-hydrogen) atoms. The Labute approximate surface area is 92.7 Å². The molecule has 0 radical (unpaired) electrons. The molecule has 4 nitrogen and oxygen atoms in total. The molecule has 2 aromatic heterocycles. The lowest BCUT2D eigenvalue weighted by Crippen LogP contribution is -2.03. The summed E-state index contributed by atoms with van der Waals surface area (Å²) in [5, 5.41) is 0.591. The summed E-state index contributed by atoms with van der Waals surface area (Å²) >= 11 is 5.85. The molecule has 0 fully saturated rings. The summed E-state index contributed by atoms with van der Waals surface area (Å²) in [5.74, 6) is 1.44. The van der Waals surface area contributed by atoms with E-state index in [0.29, 0.717) is 17.3 Å². The maximum absolute atomic E-state index is 5.85. The molecule has 0 spiro atoms. The van der Waals surface area contributed by atoms with E-state index < -0.39 is 0 Å². The number of nitrogens with zero attached hydrogens (tertiary/aromatic N) is 3. The molecule has 0 aliphatic carbocycles. The topological polar surface area (TPSA) is 56.7 Å². The predicted molar refractivity (Wildman–Crippen MR) is 59.7 cm³/mol. The molecule has 2 rings (SSSR count). The lowest BCUT2D eigenvalue weighted by Gasteiger charge is -2.05.